The molecule has 116 valence electrons. The second-order valence-electron chi connectivity index (χ2n) is 4.02. The molecular weight excluding hydrogens is 297 g/mol. The Labute approximate surface area is 117 Å². The van der Waals surface area contributed by atoms with E-state index in [1.165, 1.54) is 7.11 Å². The predicted octanol–water partition coefficient (Wildman–Crippen LogP) is -0.311. The first-order chi connectivity index (χ1) is 9.82. The van der Waals surface area contributed by atoms with Gasteiger partial charge in [-0.1, -0.05) is 0 Å². The van der Waals surface area contributed by atoms with Crippen LogP contribution in [0.4, 0.5) is 17.6 Å². The van der Waals surface area contributed by atoms with Crippen LogP contribution in [0.5, 0.6) is 0 Å². The van der Waals surface area contributed by atoms with Crippen LogP contribution in [-0.2, 0) is 4.74 Å². The zero-order chi connectivity index (χ0) is 16.2. The molecule has 1 rings (SSSR count). The summed E-state index contributed by atoms with van der Waals surface area (Å²) in [4.78, 5) is 11.5. The van der Waals surface area contributed by atoms with Gasteiger partial charge in [-0.15, -0.1) is 0 Å². The first kappa shape index (κ1) is 17.4. The number of hydrogen-bond donors (Lipinski definition) is 3. The number of rotatable bonds is 6. The Morgan fingerprint density at radius 2 is 1.67 bits per heavy atom. The van der Waals surface area contributed by atoms with E-state index in [1.54, 1.807) is 0 Å². The lowest BCUT2D eigenvalue weighted by molar-refractivity contribution is 0.0937. The number of carbonyl (C=O) groups excluding carboxylic acids is 1. The molecule has 0 unspecified atom stereocenters. The average Bonchev–Trinajstić information content (AvgIpc) is 2.41. The van der Waals surface area contributed by atoms with Gasteiger partial charge in [-0.25, -0.2) is 17.6 Å². The molecule has 5 nitrogen and oxygen atoms in total. The van der Waals surface area contributed by atoms with Gasteiger partial charge in [0.15, 0.2) is 23.3 Å². The standard InChI is InChI=1S/C11H12BF4NO4/c1-21-4-2-3-17-11(18)5-7(13)9(15)6(12(19)20)10(16)8(5)14/h19-20H,2-4H2,1H3,(H,17,18). The van der Waals surface area contributed by atoms with E-state index in [9.17, 15) is 22.4 Å². The number of nitrogens with one attached hydrogen (secondary N) is 1. The molecule has 0 fully saturated rings. The van der Waals surface area contributed by atoms with Gasteiger partial charge in [0.1, 0.15) is 5.56 Å². The quantitative estimate of drug-likeness (QED) is 0.291. The highest BCUT2D eigenvalue weighted by Crippen LogP contribution is 2.18. The second-order valence-corrected chi connectivity index (χ2v) is 4.02. The van der Waals surface area contributed by atoms with E-state index in [4.69, 9.17) is 10.0 Å². The first-order valence-corrected chi connectivity index (χ1v) is 5.82. The van der Waals surface area contributed by atoms with Gasteiger partial charge in [-0.3, -0.25) is 4.79 Å². The van der Waals surface area contributed by atoms with Crippen molar-refractivity contribution < 1.29 is 37.1 Å². The van der Waals surface area contributed by atoms with E-state index in [1.807, 2.05) is 0 Å². The molecule has 3 N–H and O–H groups in total. The Balaban J connectivity index is 3.11. The second kappa shape index (κ2) is 7.39. The summed E-state index contributed by atoms with van der Waals surface area (Å²) in [6, 6.07) is 0. The minimum Gasteiger partial charge on any atom is -0.423 e. The largest absolute Gasteiger partial charge is 0.494 e. The summed E-state index contributed by atoms with van der Waals surface area (Å²) < 4.78 is 58.8. The molecule has 0 heterocycles. The summed E-state index contributed by atoms with van der Waals surface area (Å²) in [6.45, 7) is 0.239. The fourth-order valence-corrected chi connectivity index (χ4v) is 1.58. The molecule has 1 amide bonds. The topological polar surface area (TPSA) is 78.8 Å². The Hall–Kier alpha value is -1.65. The Kier molecular flexibility index (Phi) is 6.12. The highest BCUT2D eigenvalue weighted by molar-refractivity contribution is 6.58. The van der Waals surface area contributed by atoms with Crippen molar-refractivity contribution in [1.82, 2.24) is 5.32 Å². The molecule has 21 heavy (non-hydrogen) atoms. The van der Waals surface area contributed by atoms with Crippen LogP contribution in [0.1, 0.15) is 16.8 Å². The molecule has 1 aromatic carbocycles. The number of hydrogen-bond acceptors (Lipinski definition) is 4. The molecule has 0 bridgehead atoms. The van der Waals surface area contributed by atoms with Gasteiger partial charge in [0.2, 0.25) is 0 Å². The predicted molar refractivity (Wildman–Crippen MR) is 64.9 cm³/mol. The van der Waals surface area contributed by atoms with Crippen LogP contribution in [0.15, 0.2) is 0 Å². The molecule has 0 radical (unpaired) electrons. The van der Waals surface area contributed by atoms with Crippen molar-refractivity contribution in [3.05, 3.63) is 28.8 Å². The number of halogens is 4. The monoisotopic (exact) mass is 309 g/mol. The van der Waals surface area contributed by atoms with Crippen LogP contribution < -0.4 is 10.8 Å². The van der Waals surface area contributed by atoms with Gasteiger partial charge < -0.3 is 20.1 Å². The molecule has 0 spiro atoms. The lowest BCUT2D eigenvalue weighted by Crippen LogP contribution is -2.39. The minimum atomic E-state index is -2.76. The van der Waals surface area contributed by atoms with Crippen molar-refractivity contribution in [1.29, 1.82) is 0 Å². The summed E-state index contributed by atoms with van der Waals surface area (Å²) in [5, 5.41) is 19.4. The Bertz CT molecular complexity index is 512. The lowest BCUT2D eigenvalue weighted by Gasteiger charge is -2.11. The normalized spacial score (nSPS) is 10.6. The molecule has 10 heteroatoms. The number of methoxy groups -OCH3 is 1. The third kappa shape index (κ3) is 3.71. The zero-order valence-corrected chi connectivity index (χ0v) is 10.9. The van der Waals surface area contributed by atoms with E-state index < -0.39 is 47.3 Å². The molecule has 0 saturated heterocycles. The number of benzene rings is 1. The Morgan fingerprint density at radius 3 is 2.10 bits per heavy atom. The van der Waals surface area contributed by atoms with Gasteiger partial charge >= 0.3 is 7.12 Å². The molecule has 0 saturated carbocycles. The van der Waals surface area contributed by atoms with Crippen LogP contribution in [0.25, 0.3) is 0 Å². The number of amides is 1. The van der Waals surface area contributed by atoms with Crippen molar-refractivity contribution >= 4 is 18.5 Å². The van der Waals surface area contributed by atoms with Crippen LogP contribution in [0.3, 0.4) is 0 Å². The highest BCUT2D eigenvalue weighted by atomic mass is 19.2. The third-order valence-electron chi connectivity index (χ3n) is 2.59. The van der Waals surface area contributed by atoms with Crippen molar-refractivity contribution in [3.8, 4) is 0 Å². The molecule has 0 atom stereocenters. The molecule has 1 aromatic rings. The van der Waals surface area contributed by atoms with Crippen molar-refractivity contribution in [2.75, 3.05) is 20.3 Å². The van der Waals surface area contributed by atoms with Gasteiger partial charge in [0.25, 0.3) is 5.91 Å². The maximum absolute atomic E-state index is 13.6. The number of ether oxygens (including phenoxy) is 1. The SMILES string of the molecule is COCCCNC(=O)c1c(F)c(F)c(B(O)O)c(F)c1F. The summed E-state index contributed by atoms with van der Waals surface area (Å²) in [5.74, 6) is -9.43. The van der Waals surface area contributed by atoms with Gasteiger partial charge in [-0.2, -0.15) is 0 Å². The maximum atomic E-state index is 13.6. The fourth-order valence-electron chi connectivity index (χ4n) is 1.58. The summed E-state index contributed by atoms with van der Waals surface area (Å²) in [6.07, 6.45) is 0.323. The van der Waals surface area contributed by atoms with Crippen LogP contribution in [0, 0.1) is 23.3 Å². The molecule has 0 aliphatic rings. The van der Waals surface area contributed by atoms with E-state index >= 15 is 0 Å². The highest BCUT2D eigenvalue weighted by Gasteiger charge is 2.33. The fraction of sp³-hybridized carbons (Fsp3) is 0.364. The Morgan fingerprint density at radius 1 is 1.14 bits per heavy atom. The zero-order valence-electron chi connectivity index (χ0n) is 10.9. The van der Waals surface area contributed by atoms with Crippen LogP contribution in [-0.4, -0.2) is 43.3 Å². The van der Waals surface area contributed by atoms with Crippen LogP contribution in [0.2, 0.25) is 0 Å². The summed E-state index contributed by atoms with van der Waals surface area (Å²) in [7, 11) is -1.35. The van der Waals surface area contributed by atoms with Gasteiger partial charge in [0.05, 0.1) is 5.46 Å². The molecular formula is C11H12BF4NO4. The molecule has 0 aromatic heterocycles. The van der Waals surface area contributed by atoms with Crippen molar-refractivity contribution in [2.45, 2.75) is 6.42 Å². The molecule has 0 aliphatic carbocycles. The first-order valence-electron chi connectivity index (χ1n) is 5.82. The number of carbonyl (C=O) groups is 1. The smallest absolute Gasteiger partial charge is 0.423 e. The van der Waals surface area contributed by atoms with Gasteiger partial charge in [-0.05, 0) is 6.42 Å². The van der Waals surface area contributed by atoms with Crippen molar-refractivity contribution in [2.24, 2.45) is 0 Å². The van der Waals surface area contributed by atoms with Crippen LogP contribution >= 0.6 is 0 Å². The van der Waals surface area contributed by atoms with E-state index in [2.05, 4.69) is 10.1 Å². The maximum Gasteiger partial charge on any atom is 0.494 e. The summed E-state index contributed by atoms with van der Waals surface area (Å²) >= 11 is 0. The average molecular weight is 309 g/mol. The van der Waals surface area contributed by atoms with E-state index in [-0.39, 0.29) is 13.2 Å². The van der Waals surface area contributed by atoms with E-state index in [0.29, 0.717) is 6.42 Å². The lowest BCUT2D eigenvalue weighted by atomic mass is 9.78. The molecule has 0 aliphatic heterocycles. The summed E-state index contributed by atoms with van der Waals surface area (Å²) in [5.41, 5.74) is -3.06. The van der Waals surface area contributed by atoms with E-state index in [0.717, 1.165) is 0 Å². The van der Waals surface area contributed by atoms with Gasteiger partial charge in [0, 0.05) is 20.3 Å². The van der Waals surface area contributed by atoms with Crippen molar-refractivity contribution in [3.63, 3.8) is 0 Å². The minimum absolute atomic E-state index is 0.0286. The third-order valence-corrected chi connectivity index (χ3v) is 2.59.